The number of carbonyl (C=O) groups is 3. The second-order valence-electron chi connectivity index (χ2n) is 4.95. The third-order valence-corrected chi connectivity index (χ3v) is 3.39. The van der Waals surface area contributed by atoms with Gasteiger partial charge in [0.15, 0.2) is 0 Å². The Hall–Kier alpha value is -2.45. The first-order valence-corrected chi connectivity index (χ1v) is 6.66. The van der Waals surface area contributed by atoms with Crippen LogP contribution < -0.4 is 5.32 Å². The van der Waals surface area contributed by atoms with Crippen LogP contribution in [0, 0.1) is 5.82 Å². The predicted molar refractivity (Wildman–Crippen MR) is 69.7 cm³/mol. The number of hydrogen-bond donors (Lipinski definition) is 1. The number of carbonyl (C=O) groups excluding carboxylic acids is 3. The van der Waals surface area contributed by atoms with Gasteiger partial charge in [0.1, 0.15) is 11.9 Å². The van der Waals surface area contributed by atoms with E-state index in [1.807, 2.05) is 5.32 Å². The predicted octanol–water partition coefficient (Wildman–Crippen LogP) is 1.72. The molecule has 1 atom stereocenters. The average Bonchev–Trinajstić information content (AvgIpc) is 2.77. The van der Waals surface area contributed by atoms with Crippen molar-refractivity contribution in [3.05, 3.63) is 35.1 Å². The number of hydrogen-bond acceptors (Lipinski definition) is 3. The Kier molecular flexibility index (Phi) is 4.39. The van der Waals surface area contributed by atoms with Crippen molar-refractivity contribution < 1.29 is 31.9 Å². The number of nitrogens with one attached hydrogen (secondary N) is 1. The van der Waals surface area contributed by atoms with Crippen molar-refractivity contribution in [2.45, 2.75) is 25.6 Å². The van der Waals surface area contributed by atoms with E-state index in [1.54, 1.807) is 0 Å². The van der Waals surface area contributed by atoms with Crippen LogP contribution in [0.2, 0.25) is 0 Å². The molecule has 1 aromatic carbocycles. The zero-order chi connectivity index (χ0) is 17.4. The van der Waals surface area contributed by atoms with Crippen LogP contribution in [0.1, 0.15) is 29.3 Å². The number of amides is 3. The zero-order valence-electron chi connectivity index (χ0n) is 11.9. The van der Waals surface area contributed by atoms with Gasteiger partial charge in [-0.15, -0.1) is 0 Å². The van der Waals surface area contributed by atoms with Gasteiger partial charge in [-0.3, -0.25) is 19.7 Å². The highest BCUT2D eigenvalue weighted by Gasteiger charge is 2.38. The van der Waals surface area contributed by atoms with Gasteiger partial charge in [0, 0.05) is 12.1 Å². The number of nitrogens with zero attached hydrogens (tertiary/aromatic N) is 1. The molecule has 0 aromatic heterocycles. The number of halogens is 4. The quantitative estimate of drug-likeness (QED) is 0.677. The smallest absolute Gasteiger partial charge is 0.326 e. The summed E-state index contributed by atoms with van der Waals surface area (Å²) in [5.74, 6) is -3.46. The first-order chi connectivity index (χ1) is 10.6. The van der Waals surface area contributed by atoms with Crippen molar-refractivity contribution >= 4 is 17.7 Å². The highest BCUT2D eigenvalue weighted by Crippen LogP contribution is 2.31. The second-order valence-corrected chi connectivity index (χ2v) is 4.95. The number of likely N-dealkylation sites (N-methyl/N-ethyl adjacent to an activating group) is 1. The van der Waals surface area contributed by atoms with Gasteiger partial charge < -0.3 is 4.90 Å². The first-order valence-electron chi connectivity index (χ1n) is 6.66. The minimum Gasteiger partial charge on any atom is -0.326 e. The van der Waals surface area contributed by atoms with Crippen molar-refractivity contribution in [3.63, 3.8) is 0 Å². The number of imide groups is 1. The highest BCUT2D eigenvalue weighted by atomic mass is 19.4. The molecule has 1 aromatic rings. The maximum Gasteiger partial charge on any atom is 0.416 e. The topological polar surface area (TPSA) is 66.5 Å². The molecule has 0 spiro atoms. The molecule has 1 N–H and O–H groups in total. The van der Waals surface area contributed by atoms with Crippen LogP contribution in [-0.2, 0) is 15.8 Å². The monoisotopic (exact) mass is 332 g/mol. The summed E-state index contributed by atoms with van der Waals surface area (Å²) in [5.41, 5.74) is -1.84. The molecule has 0 bridgehead atoms. The molecule has 0 unspecified atom stereocenters. The summed E-state index contributed by atoms with van der Waals surface area (Å²) >= 11 is 0. The van der Waals surface area contributed by atoms with E-state index in [2.05, 4.69) is 0 Å². The summed E-state index contributed by atoms with van der Waals surface area (Å²) in [4.78, 5) is 36.1. The van der Waals surface area contributed by atoms with E-state index >= 15 is 0 Å². The van der Waals surface area contributed by atoms with E-state index in [4.69, 9.17) is 0 Å². The fraction of sp³-hybridized carbons (Fsp3) is 0.357. The lowest BCUT2D eigenvalue weighted by Gasteiger charge is -2.25. The van der Waals surface area contributed by atoms with Crippen LogP contribution in [0.5, 0.6) is 0 Å². The Morgan fingerprint density at radius 1 is 1.30 bits per heavy atom. The summed E-state index contributed by atoms with van der Waals surface area (Å²) in [6.45, 7) is 1.47. The largest absolute Gasteiger partial charge is 0.416 e. The number of benzene rings is 1. The fourth-order valence-corrected chi connectivity index (χ4v) is 2.34. The zero-order valence-corrected chi connectivity index (χ0v) is 11.9. The maximum atomic E-state index is 13.4. The summed E-state index contributed by atoms with van der Waals surface area (Å²) < 4.78 is 51.5. The molecular weight excluding hydrogens is 320 g/mol. The summed E-state index contributed by atoms with van der Waals surface area (Å²) in [6.07, 6.45) is -5.09. The molecule has 0 aliphatic carbocycles. The molecular formula is C14H12F4N2O3. The van der Waals surface area contributed by atoms with Gasteiger partial charge in [-0.05, 0) is 25.1 Å². The van der Waals surface area contributed by atoms with Crippen LogP contribution in [-0.4, -0.2) is 35.2 Å². The normalized spacial score (nSPS) is 18.0. The van der Waals surface area contributed by atoms with Gasteiger partial charge in [-0.2, -0.15) is 13.2 Å². The van der Waals surface area contributed by atoms with Crippen molar-refractivity contribution in [1.82, 2.24) is 10.2 Å². The minimum atomic E-state index is -4.81. The molecule has 0 radical (unpaired) electrons. The van der Waals surface area contributed by atoms with Crippen molar-refractivity contribution in [1.29, 1.82) is 0 Å². The molecule has 124 valence electrons. The van der Waals surface area contributed by atoms with Gasteiger partial charge in [0.25, 0.3) is 5.91 Å². The van der Waals surface area contributed by atoms with E-state index in [-0.39, 0.29) is 19.0 Å². The van der Waals surface area contributed by atoms with Crippen molar-refractivity contribution in [3.8, 4) is 0 Å². The number of alkyl halides is 3. The van der Waals surface area contributed by atoms with Crippen LogP contribution in [0.4, 0.5) is 17.6 Å². The molecule has 1 saturated heterocycles. The molecule has 1 fully saturated rings. The van der Waals surface area contributed by atoms with Gasteiger partial charge in [-0.1, -0.05) is 0 Å². The van der Waals surface area contributed by atoms with Crippen LogP contribution in [0.25, 0.3) is 0 Å². The molecule has 3 amide bonds. The lowest BCUT2D eigenvalue weighted by molar-refractivity contribution is -0.137. The Morgan fingerprint density at radius 3 is 2.43 bits per heavy atom. The molecule has 5 nitrogen and oxygen atoms in total. The molecule has 9 heteroatoms. The van der Waals surface area contributed by atoms with Crippen molar-refractivity contribution in [2.24, 2.45) is 0 Å². The highest BCUT2D eigenvalue weighted by molar-refractivity contribution is 6.08. The molecule has 23 heavy (non-hydrogen) atoms. The van der Waals surface area contributed by atoms with E-state index in [0.29, 0.717) is 12.1 Å². The molecule has 1 aliphatic rings. The van der Waals surface area contributed by atoms with Crippen LogP contribution in [0.3, 0.4) is 0 Å². The van der Waals surface area contributed by atoms with Crippen molar-refractivity contribution in [2.75, 3.05) is 6.54 Å². The van der Waals surface area contributed by atoms with Gasteiger partial charge in [0.05, 0.1) is 12.0 Å². The summed E-state index contributed by atoms with van der Waals surface area (Å²) in [6, 6.07) is 0.342. The fourth-order valence-electron chi connectivity index (χ4n) is 2.34. The van der Waals surface area contributed by atoms with E-state index < -0.39 is 46.9 Å². The standard InChI is InChI=1S/C14H12F4N2O3/c1-2-20(10-6-11(21)19-12(10)22)13(23)7-3-8(14(16,17)18)5-9(15)4-7/h3-5,10H,2,6H2,1H3,(H,19,21,22)/t10-/m1/s1. The Balaban J connectivity index is 2.37. The Bertz CT molecular complexity index is 672. The van der Waals surface area contributed by atoms with E-state index in [9.17, 15) is 31.9 Å². The first kappa shape index (κ1) is 16.9. The third-order valence-electron chi connectivity index (χ3n) is 3.39. The average molecular weight is 332 g/mol. The minimum absolute atomic E-state index is 0.0257. The van der Waals surface area contributed by atoms with Gasteiger partial charge >= 0.3 is 6.18 Å². The second kappa shape index (κ2) is 5.98. The Labute approximate surface area is 128 Å². The Morgan fingerprint density at radius 2 is 1.96 bits per heavy atom. The molecule has 1 heterocycles. The van der Waals surface area contributed by atoms with Crippen LogP contribution in [0.15, 0.2) is 18.2 Å². The number of rotatable bonds is 3. The third kappa shape index (κ3) is 3.49. The molecule has 0 saturated carbocycles. The van der Waals surface area contributed by atoms with E-state index in [0.717, 1.165) is 4.90 Å². The van der Waals surface area contributed by atoms with E-state index in [1.165, 1.54) is 6.92 Å². The maximum absolute atomic E-state index is 13.4. The molecule has 1 aliphatic heterocycles. The SMILES string of the molecule is CCN(C(=O)c1cc(F)cc(C(F)(F)F)c1)[C@@H]1CC(=O)NC1=O. The lowest BCUT2D eigenvalue weighted by atomic mass is 10.1. The summed E-state index contributed by atoms with van der Waals surface area (Å²) in [7, 11) is 0. The van der Waals surface area contributed by atoms with Gasteiger partial charge in [0.2, 0.25) is 11.8 Å². The lowest BCUT2D eigenvalue weighted by Crippen LogP contribution is -2.44. The van der Waals surface area contributed by atoms with Crippen LogP contribution >= 0.6 is 0 Å². The summed E-state index contributed by atoms with van der Waals surface area (Å²) in [5, 5.41) is 2.01. The molecule has 2 rings (SSSR count). The van der Waals surface area contributed by atoms with Gasteiger partial charge in [-0.25, -0.2) is 4.39 Å².